The molecule has 3 heterocycles. The van der Waals surface area contributed by atoms with E-state index in [1.54, 1.807) is 0 Å². The maximum atomic E-state index is 12.8. The number of carbonyl (C=O) groups is 1. The third-order valence-corrected chi connectivity index (χ3v) is 5.38. The number of anilines is 1. The van der Waals surface area contributed by atoms with Crippen molar-refractivity contribution in [1.82, 2.24) is 14.9 Å². The molecule has 0 bridgehead atoms. The summed E-state index contributed by atoms with van der Waals surface area (Å²) in [5.74, 6) is 0.960. The molecule has 5 nitrogen and oxygen atoms in total. The number of aryl methyl sites for hydroxylation is 1. The van der Waals surface area contributed by atoms with Crippen molar-refractivity contribution >= 4 is 11.7 Å². The van der Waals surface area contributed by atoms with E-state index in [-0.39, 0.29) is 5.91 Å². The molecule has 1 aromatic carbocycles. The van der Waals surface area contributed by atoms with Gasteiger partial charge in [-0.05, 0) is 62.6 Å². The monoisotopic (exact) mass is 374 g/mol. The van der Waals surface area contributed by atoms with E-state index in [1.165, 1.54) is 12.8 Å². The average molecular weight is 374 g/mol. The van der Waals surface area contributed by atoms with Gasteiger partial charge in [0, 0.05) is 42.9 Å². The van der Waals surface area contributed by atoms with E-state index in [4.69, 9.17) is 0 Å². The molecule has 0 saturated carbocycles. The first-order valence-corrected chi connectivity index (χ1v) is 9.86. The average Bonchev–Trinajstić information content (AvgIpc) is 3.35. The molecule has 0 atom stereocenters. The van der Waals surface area contributed by atoms with E-state index in [0.717, 1.165) is 47.1 Å². The van der Waals surface area contributed by atoms with Gasteiger partial charge in [-0.25, -0.2) is 4.98 Å². The van der Waals surface area contributed by atoms with Gasteiger partial charge in [-0.1, -0.05) is 18.2 Å². The van der Waals surface area contributed by atoms with Crippen LogP contribution in [0.2, 0.25) is 0 Å². The molecule has 1 amide bonds. The number of amides is 1. The molecule has 144 valence electrons. The van der Waals surface area contributed by atoms with Crippen molar-refractivity contribution in [2.24, 2.45) is 0 Å². The minimum atomic E-state index is -0.0465. The Kier molecular flexibility index (Phi) is 5.15. The summed E-state index contributed by atoms with van der Waals surface area (Å²) in [6.07, 6.45) is 4.27. The van der Waals surface area contributed by atoms with Crippen molar-refractivity contribution in [3.63, 3.8) is 0 Å². The van der Waals surface area contributed by atoms with Crippen LogP contribution in [0.4, 0.5) is 5.82 Å². The number of benzene rings is 1. The second kappa shape index (κ2) is 7.89. The minimum absolute atomic E-state index is 0.0465. The van der Waals surface area contributed by atoms with Crippen LogP contribution in [0.3, 0.4) is 0 Å². The SMILES string of the molecule is Cc1cc(C(=O)NCc2ccnc(N3CCCC3)c2)c(C)n1-c1ccccc1. The number of pyridine rings is 1. The summed E-state index contributed by atoms with van der Waals surface area (Å²) >= 11 is 0. The fourth-order valence-electron chi connectivity index (χ4n) is 3.93. The zero-order valence-electron chi connectivity index (χ0n) is 16.5. The molecule has 1 fully saturated rings. The Bertz CT molecular complexity index is 972. The molecule has 1 aliphatic rings. The summed E-state index contributed by atoms with van der Waals surface area (Å²) in [4.78, 5) is 19.6. The summed E-state index contributed by atoms with van der Waals surface area (Å²) in [6, 6.07) is 16.1. The highest BCUT2D eigenvalue weighted by atomic mass is 16.1. The van der Waals surface area contributed by atoms with Crippen LogP contribution >= 0.6 is 0 Å². The van der Waals surface area contributed by atoms with Gasteiger partial charge in [-0.3, -0.25) is 4.79 Å². The molecule has 5 heteroatoms. The lowest BCUT2D eigenvalue weighted by Gasteiger charge is -2.17. The maximum Gasteiger partial charge on any atom is 0.253 e. The van der Waals surface area contributed by atoms with Crippen LogP contribution in [0, 0.1) is 13.8 Å². The Hall–Kier alpha value is -3.08. The van der Waals surface area contributed by atoms with E-state index >= 15 is 0 Å². The molecule has 0 unspecified atom stereocenters. The van der Waals surface area contributed by atoms with Gasteiger partial charge < -0.3 is 14.8 Å². The molecule has 0 aliphatic carbocycles. The predicted molar refractivity (Wildman–Crippen MR) is 112 cm³/mol. The quantitative estimate of drug-likeness (QED) is 0.734. The van der Waals surface area contributed by atoms with Crippen LogP contribution in [0.25, 0.3) is 5.69 Å². The van der Waals surface area contributed by atoms with Gasteiger partial charge >= 0.3 is 0 Å². The zero-order valence-corrected chi connectivity index (χ0v) is 16.5. The molecule has 1 N–H and O–H groups in total. The smallest absolute Gasteiger partial charge is 0.253 e. The second-order valence-corrected chi connectivity index (χ2v) is 7.35. The summed E-state index contributed by atoms with van der Waals surface area (Å²) < 4.78 is 2.12. The molecule has 4 rings (SSSR count). The maximum absolute atomic E-state index is 12.8. The first kappa shape index (κ1) is 18.3. The standard InChI is InChI=1S/C23H26N4O/c1-17-14-21(18(2)27(17)20-8-4-3-5-9-20)23(28)25-16-19-10-11-24-22(15-19)26-12-6-7-13-26/h3-5,8-11,14-15H,6-7,12-13,16H2,1-2H3,(H,25,28). The van der Waals surface area contributed by atoms with Crippen LogP contribution in [0.1, 0.15) is 40.2 Å². The van der Waals surface area contributed by atoms with Crippen molar-refractivity contribution < 1.29 is 4.79 Å². The number of hydrogen-bond acceptors (Lipinski definition) is 3. The van der Waals surface area contributed by atoms with Gasteiger partial charge in [0.2, 0.25) is 0 Å². The summed E-state index contributed by atoms with van der Waals surface area (Å²) in [5.41, 5.74) is 4.86. The summed E-state index contributed by atoms with van der Waals surface area (Å²) in [7, 11) is 0. The molecule has 0 radical (unpaired) electrons. The minimum Gasteiger partial charge on any atom is -0.357 e. The van der Waals surface area contributed by atoms with Gasteiger partial charge in [0.05, 0.1) is 5.56 Å². The third kappa shape index (κ3) is 3.65. The Morgan fingerprint density at radius 3 is 2.57 bits per heavy atom. The lowest BCUT2D eigenvalue weighted by molar-refractivity contribution is 0.0950. The molecule has 3 aromatic rings. The first-order chi connectivity index (χ1) is 13.6. The topological polar surface area (TPSA) is 50.2 Å². The van der Waals surface area contributed by atoms with Gasteiger partial charge in [0.1, 0.15) is 5.82 Å². The molecule has 2 aromatic heterocycles. The Labute approximate surface area is 166 Å². The van der Waals surface area contributed by atoms with E-state index in [1.807, 2.05) is 50.4 Å². The van der Waals surface area contributed by atoms with Crippen molar-refractivity contribution in [2.75, 3.05) is 18.0 Å². The van der Waals surface area contributed by atoms with Gasteiger partial charge in [0.15, 0.2) is 0 Å². The lowest BCUT2D eigenvalue weighted by atomic mass is 10.2. The molecular weight excluding hydrogens is 348 g/mol. The number of aromatic nitrogens is 2. The number of carbonyl (C=O) groups excluding carboxylic acids is 1. The molecule has 1 aliphatic heterocycles. The largest absolute Gasteiger partial charge is 0.357 e. The molecular formula is C23H26N4O. The zero-order chi connectivity index (χ0) is 19.5. The number of nitrogens with one attached hydrogen (secondary N) is 1. The molecule has 0 spiro atoms. The molecule has 1 saturated heterocycles. The Morgan fingerprint density at radius 2 is 1.82 bits per heavy atom. The predicted octanol–water partition coefficient (Wildman–Crippen LogP) is 4.02. The normalized spacial score (nSPS) is 13.7. The number of nitrogens with zero attached hydrogens (tertiary/aromatic N) is 3. The van der Waals surface area contributed by atoms with Crippen LogP contribution in [0.15, 0.2) is 54.7 Å². The number of para-hydroxylation sites is 1. The summed E-state index contributed by atoms with van der Waals surface area (Å²) in [6.45, 7) is 6.65. The second-order valence-electron chi connectivity index (χ2n) is 7.35. The van der Waals surface area contributed by atoms with E-state index in [0.29, 0.717) is 6.54 Å². The van der Waals surface area contributed by atoms with E-state index < -0.39 is 0 Å². The Balaban J connectivity index is 1.48. The number of hydrogen-bond donors (Lipinski definition) is 1. The highest BCUT2D eigenvalue weighted by molar-refractivity contribution is 5.95. The van der Waals surface area contributed by atoms with Gasteiger partial charge in [-0.15, -0.1) is 0 Å². The van der Waals surface area contributed by atoms with Crippen molar-refractivity contribution in [3.8, 4) is 5.69 Å². The fourth-order valence-corrected chi connectivity index (χ4v) is 3.93. The fraction of sp³-hybridized carbons (Fsp3) is 0.304. The highest BCUT2D eigenvalue weighted by Gasteiger charge is 2.17. The first-order valence-electron chi connectivity index (χ1n) is 9.86. The van der Waals surface area contributed by atoms with Crippen LogP contribution in [0.5, 0.6) is 0 Å². The van der Waals surface area contributed by atoms with Gasteiger partial charge in [-0.2, -0.15) is 0 Å². The van der Waals surface area contributed by atoms with Crippen molar-refractivity contribution in [2.45, 2.75) is 33.2 Å². The molecule has 28 heavy (non-hydrogen) atoms. The van der Waals surface area contributed by atoms with E-state index in [9.17, 15) is 4.79 Å². The van der Waals surface area contributed by atoms with Crippen molar-refractivity contribution in [1.29, 1.82) is 0 Å². The van der Waals surface area contributed by atoms with Crippen molar-refractivity contribution in [3.05, 3.63) is 77.2 Å². The van der Waals surface area contributed by atoms with Crippen LogP contribution < -0.4 is 10.2 Å². The van der Waals surface area contributed by atoms with Crippen LogP contribution in [-0.2, 0) is 6.54 Å². The summed E-state index contributed by atoms with van der Waals surface area (Å²) in [5, 5.41) is 3.07. The third-order valence-electron chi connectivity index (χ3n) is 5.38. The van der Waals surface area contributed by atoms with E-state index in [2.05, 4.69) is 38.0 Å². The highest BCUT2D eigenvalue weighted by Crippen LogP contribution is 2.21. The number of rotatable bonds is 5. The van der Waals surface area contributed by atoms with Gasteiger partial charge in [0.25, 0.3) is 5.91 Å². The Morgan fingerprint density at radius 1 is 1.07 bits per heavy atom. The van der Waals surface area contributed by atoms with Crippen LogP contribution in [-0.4, -0.2) is 28.5 Å². The lowest BCUT2D eigenvalue weighted by Crippen LogP contribution is -2.24.